The highest BCUT2D eigenvalue weighted by Crippen LogP contribution is 2.42. The first kappa shape index (κ1) is 17.3. The quantitative estimate of drug-likeness (QED) is 0.684. The van der Waals surface area contributed by atoms with E-state index < -0.39 is 28.9 Å². The third-order valence-electron chi connectivity index (χ3n) is 4.03. The Hall–Kier alpha value is -3.07. The number of alkyl halides is 3. The minimum atomic E-state index is -4.63. The minimum Gasteiger partial charge on any atom is -0.488 e. The molecule has 5 nitrogen and oxygen atoms in total. The zero-order valence-corrected chi connectivity index (χ0v) is 14.3. The van der Waals surface area contributed by atoms with Crippen LogP contribution >= 0.6 is 11.3 Å². The van der Waals surface area contributed by atoms with E-state index in [0.717, 1.165) is 16.0 Å². The molecule has 1 aliphatic rings. The minimum absolute atomic E-state index is 0.275. The molecule has 0 unspecified atom stereocenters. The number of rotatable bonds is 2. The van der Waals surface area contributed by atoms with Gasteiger partial charge < -0.3 is 15.0 Å². The van der Waals surface area contributed by atoms with Gasteiger partial charge in [0, 0.05) is 22.2 Å². The van der Waals surface area contributed by atoms with Crippen molar-refractivity contribution >= 4 is 22.9 Å². The predicted octanol–water partition coefficient (Wildman–Crippen LogP) is 4.27. The van der Waals surface area contributed by atoms with Crippen molar-refractivity contribution in [1.82, 2.24) is 4.98 Å². The lowest BCUT2D eigenvalue weighted by Gasteiger charge is -2.16. The van der Waals surface area contributed by atoms with Gasteiger partial charge in [0.05, 0.1) is 10.4 Å². The Balaban J connectivity index is 1.65. The van der Waals surface area contributed by atoms with E-state index in [1.54, 1.807) is 6.07 Å². The average molecular weight is 392 g/mol. The number of anilines is 1. The van der Waals surface area contributed by atoms with Crippen LogP contribution in [0, 0.1) is 0 Å². The maximum absolute atomic E-state index is 12.8. The van der Waals surface area contributed by atoms with Crippen LogP contribution in [-0.2, 0) is 12.8 Å². The Morgan fingerprint density at radius 3 is 2.78 bits per heavy atom. The molecule has 0 bridgehead atoms. The van der Waals surface area contributed by atoms with E-state index in [1.807, 2.05) is 29.2 Å². The molecule has 0 spiro atoms. The molecule has 9 heteroatoms. The number of pyridine rings is 1. The summed E-state index contributed by atoms with van der Waals surface area (Å²) in [6.45, 7) is 0.292. The Labute approximate surface area is 154 Å². The van der Waals surface area contributed by atoms with Crippen LogP contribution in [0.15, 0.2) is 47.4 Å². The first-order valence-corrected chi connectivity index (χ1v) is 8.61. The molecule has 0 aliphatic carbocycles. The number of para-hydroxylation sites is 1. The van der Waals surface area contributed by atoms with E-state index in [9.17, 15) is 22.8 Å². The van der Waals surface area contributed by atoms with Crippen LogP contribution in [0.5, 0.6) is 5.75 Å². The summed E-state index contributed by atoms with van der Waals surface area (Å²) in [6.07, 6.45) is -4.07. The fourth-order valence-corrected chi connectivity index (χ4v) is 3.83. The summed E-state index contributed by atoms with van der Waals surface area (Å²) < 4.78 is 44.1. The Bertz CT molecular complexity index is 1100. The van der Waals surface area contributed by atoms with E-state index in [-0.39, 0.29) is 4.88 Å². The third-order valence-corrected chi connectivity index (χ3v) is 5.24. The molecule has 1 aliphatic heterocycles. The van der Waals surface area contributed by atoms with Crippen LogP contribution in [0.25, 0.3) is 10.4 Å². The second-order valence-electron chi connectivity index (χ2n) is 5.83. The smallest absolute Gasteiger partial charge is 0.417 e. The van der Waals surface area contributed by atoms with Gasteiger partial charge in [0.15, 0.2) is 0 Å². The highest BCUT2D eigenvalue weighted by atomic mass is 32.1. The van der Waals surface area contributed by atoms with Crippen molar-refractivity contribution in [3.05, 3.63) is 69.0 Å². The zero-order chi connectivity index (χ0) is 19.2. The molecule has 2 aromatic heterocycles. The van der Waals surface area contributed by atoms with Crippen molar-refractivity contribution in [2.75, 3.05) is 5.32 Å². The lowest BCUT2D eigenvalue weighted by atomic mass is 10.1. The average Bonchev–Trinajstić information content (AvgIpc) is 3.07. The maximum atomic E-state index is 12.8. The summed E-state index contributed by atoms with van der Waals surface area (Å²) >= 11 is 1.19. The largest absolute Gasteiger partial charge is 0.488 e. The second-order valence-corrected chi connectivity index (χ2v) is 6.89. The summed E-state index contributed by atoms with van der Waals surface area (Å²) in [5, 5.41) is 2.26. The SMILES string of the molecule is O=C(Nc1cc(C(F)(F)F)c[nH]c1=O)c1cc2c(s1)-c1ccccc1OC2. The number of ether oxygens (including phenoxy) is 1. The maximum Gasteiger partial charge on any atom is 0.417 e. The number of carbonyl (C=O) groups excluding carboxylic acids is 1. The fourth-order valence-electron chi connectivity index (χ4n) is 2.74. The highest BCUT2D eigenvalue weighted by molar-refractivity contribution is 7.17. The van der Waals surface area contributed by atoms with Gasteiger partial charge in [-0.05, 0) is 24.3 Å². The Morgan fingerprint density at radius 1 is 1.22 bits per heavy atom. The van der Waals surface area contributed by atoms with Crippen LogP contribution in [-0.4, -0.2) is 10.9 Å². The lowest BCUT2D eigenvalue weighted by molar-refractivity contribution is -0.137. The van der Waals surface area contributed by atoms with Crippen LogP contribution in [0.1, 0.15) is 20.8 Å². The van der Waals surface area contributed by atoms with Crippen molar-refractivity contribution in [1.29, 1.82) is 0 Å². The first-order valence-electron chi connectivity index (χ1n) is 7.79. The number of halogens is 3. The standard InChI is InChI=1S/C18H11F3N2O3S/c19-18(20,21)10-6-12(16(24)22-7-10)23-17(25)14-5-9-8-26-13-4-2-1-3-11(13)15(9)27-14/h1-7H,8H2,(H,22,24)(H,23,25). The Morgan fingerprint density at radius 2 is 2.00 bits per heavy atom. The second kappa shape index (κ2) is 6.27. The molecule has 1 amide bonds. The number of benzene rings is 1. The monoisotopic (exact) mass is 392 g/mol. The Kier molecular flexibility index (Phi) is 4.03. The number of thiophene rings is 1. The number of hydrogen-bond acceptors (Lipinski definition) is 4. The third kappa shape index (κ3) is 3.21. The molecule has 0 radical (unpaired) electrons. The number of hydrogen-bond donors (Lipinski definition) is 2. The zero-order valence-electron chi connectivity index (χ0n) is 13.5. The molecule has 0 fully saturated rings. The number of aromatic nitrogens is 1. The first-order chi connectivity index (χ1) is 12.8. The van der Waals surface area contributed by atoms with E-state index in [1.165, 1.54) is 11.3 Å². The molecule has 0 saturated heterocycles. The summed E-state index contributed by atoms with van der Waals surface area (Å²) in [5.74, 6) is 0.0461. The van der Waals surface area contributed by atoms with Crippen molar-refractivity contribution in [3.8, 4) is 16.2 Å². The van der Waals surface area contributed by atoms with Gasteiger partial charge in [0.2, 0.25) is 0 Å². The van der Waals surface area contributed by atoms with Crippen LogP contribution in [0.2, 0.25) is 0 Å². The normalized spacial score (nSPS) is 12.7. The topological polar surface area (TPSA) is 71.2 Å². The molecule has 3 heterocycles. The van der Waals surface area contributed by atoms with Gasteiger partial charge in [-0.3, -0.25) is 9.59 Å². The predicted molar refractivity (Wildman–Crippen MR) is 94.1 cm³/mol. The van der Waals surface area contributed by atoms with Crippen molar-refractivity contribution < 1.29 is 22.7 Å². The van der Waals surface area contributed by atoms with Crippen LogP contribution in [0.3, 0.4) is 0 Å². The van der Waals surface area contributed by atoms with Gasteiger partial charge >= 0.3 is 6.18 Å². The lowest BCUT2D eigenvalue weighted by Crippen LogP contribution is -2.21. The van der Waals surface area contributed by atoms with E-state index in [4.69, 9.17) is 4.74 Å². The molecule has 27 heavy (non-hydrogen) atoms. The number of aromatic amines is 1. The summed E-state index contributed by atoms with van der Waals surface area (Å²) in [6, 6.07) is 9.60. The molecule has 4 rings (SSSR count). The number of nitrogens with one attached hydrogen (secondary N) is 2. The van der Waals surface area contributed by atoms with Gasteiger partial charge in [-0.2, -0.15) is 13.2 Å². The molecular weight excluding hydrogens is 381 g/mol. The molecule has 3 aromatic rings. The van der Waals surface area contributed by atoms with Crippen molar-refractivity contribution in [2.24, 2.45) is 0 Å². The molecule has 2 N–H and O–H groups in total. The molecule has 1 aromatic carbocycles. The number of H-pyrrole nitrogens is 1. The molecule has 138 valence electrons. The summed E-state index contributed by atoms with van der Waals surface area (Å²) in [7, 11) is 0. The van der Waals surface area contributed by atoms with E-state index in [2.05, 4.69) is 5.32 Å². The van der Waals surface area contributed by atoms with Gasteiger partial charge in [0.25, 0.3) is 11.5 Å². The van der Waals surface area contributed by atoms with Crippen molar-refractivity contribution in [2.45, 2.75) is 12.8 Å². The van der Waals surface area contributed by atoms with E-state index >= 15 is 0 Å². The number of fused-ring (bicyclic) bond motifs is 3. The number of carbonyl (C=O) groups is 1. The molecular formula is C18H11F3N2O3S. The fraction of sp³-hybridized carbons (Fsp3) is 0.111. The summed E-state index contributed by atoms with van der Waals surface area (Å²) in [5.41, 5.74) is -0.670. The summed E-state index contributed by atoms with van der Waals surface area (Å²) in [4.78, 5) is 27.4. The highest BCUT2D eigenvalue weighted by Gasteiger charge is 2.31. The van der Waals surface area contributed by atoms with Gasteiger partial charge in [-0.25, -0.2) is 0 Å². The van der Waals surface area contributed by atoms with Crippen LogP contribution in [0.4, 0.5) is 18.9 Å². The number of amides is 1. The molecule has 0 atom stereocenters. The molecule has 0 saturated carbocycles. The van der Waals surface area contributed by atoms with E-state index in [0.29, 0.717) is 24.6 Å². The van der Waals surface area contributed by atoms with Gasteiger partial charge in [-0.15, -0.1) is 11.3 Å². The van der Waals surface area contributed by atoms with Crippen molar-refractivity contribution in [3.63, 3.8) is 0 Å². The van der Waals surface area contributed by atoms with Gasteiger partial charge in [-0.1, -0.05) is 12.1 Å². The van der Waals surface area contributed by atoms with Crippen LogP contribution < -0.4 is 15.6 Å². The van der Waals surface area contributed by atoms with Gasteiger partial charge in [0.1, 0.15) is 18.0 Å².